The van der Waals surface area contributed by atoms with E-state index in [9.17, 15) is 13.2 Å². The third-order valence-electron chi connectivity index (χ3n) is 5.14. The molecule has 156 valence electrons. The van der Waals surface area contributed by atoms with Gasteiger partial charge in [-0.1, -0.05) is 78.4 Å². The van der Waals surface area contributed by atoms with Crippen molar-refractivity contribution >= 4 is 15.7 Å². The number of nitrogens with one attached hydrogen (secondary N) is 1. The Morgan fingerprint density at radius 2 is 1.37 bits per heavy atom. The summed E-state index contributed by atoms with van der Waals surface area (Å²) < 4.78 is 24.8. The van der Waals surface area contributed by atoms with Crippen LogP contribution in [0.5, 0.6) is 0 Å². The second kappa shape index (κ2) is 10.2. The second-order valence-corrected chi connectivity index (χ2v) is 9.50. The summed E-state index contributed by atoms with van der Waals surface area (Å²) in [6.45, 7) is 2.39. The number of amides is 1. The summed E-state index contributed by atoms with van der Waals surface area (Å²) in [6.07, 6.45) is 0.696. The fourth-order valence-corrected chi connectivity index (χ4v) is 4.67. The van der Waals surface area contributed by atoms with Crippen molar-refractivity contribution in [2.75, 3.05) is 12.3 Å². The Bertz CT molecular complexity index is 1010. The van der Waals surface area contributed by atoms with Gasteiger partial charge in [0, 0.05) is 18.9 Å². The first-order chi connectivity index (χ1) is 14.5. The van der Waals surface area contributed by atoms with Crippen molar-refractivity contribution in [2.45, 2.75) is 30.6 Å². The lowest BCUT2D eigenvalue weighted by Gasteiger charge is -2.18. The van der Waals surface area contributed by atoms with Crippen LogP contribution in [0.25, 0.3) is 0 Å². The zero-order chi connectivity index (χ0) is 21.4. The van der Waals surface area contributed by atoms with Gasteiger partial charge in [-0.3, -0.25) is 4.79 Å². The first-order valence-electron chi connectivity index (χ1n) is 10.1. The fraction of sp³-hybridized carbons (Fsp3) is 0.240. The highest BCUT2D eigenvalue weighted by Crippen LogP contribution is 2.27. The summed E-state index contributed by atoms with van der Waals surface area (Å²) in [5.41, 5.74) is 3.39. The molecule has 0 aliphatic rings. The molecule has 3 aromatic rings. The molecule has 0 saturated carbocycles. The highest BCUT2D eigenvalue weighted by Gasteiger charge is 2.17. The average Bonchev–Trinajstić information content (AvgIpc) is 2.77. The molecule has 0 aromatic heterocycles. The van der Waals surface area contributed by atoms with Gasteiger partial charge in [0.15, 0.2) is 9.84 Å². The lowest BCUT2D eigenvalue weighted by Crippen LogP contribution is -2.27. The molecular formula is C25H27NO3S. The van der Waals surface area contributed by atoms with Crippen LogP contribution in [0.4, 0.5) is 0 Å². The molecule has 3 rings (SSSR count). The normalized spacial score (nSPS) is 11.4. The van der Waals surface area contributed by atoms with Crippen LogP contribution in [0, 0.1) is 6.92 Å². The van der Waals surface area contributed by atoms with E-state index in [1.807, 2.05) is 43.3 Å². The lowest BCUT2D eigenvalue weighted by atomic mass is 9.88. The first-order valence-corrected chi connectivity index (χ1v) is 11.8. The van der Waals surface area contributed by atoms with Gasteiger partial charge in [-0.2, -0.15) is 0 Å². The minimum atomic E-state index is -3.46. The summed E-state index contributed by atoms with van der Waals surface area (Å²) in [5, 5.41) is 2.88. The summed E-state index contributed by atoms with van der Waals surface area (Å²) >= 11 is 0. The Morgan fingerprint density at radius 1 is 0.833 bits per heavy atom. The van der Waals surface area contributed by atoms with Crippen molar-refractivity contribution in [1.82, 2.24) is 5.32 Å². The van der Waals surface area contributed by atoms with Crippen molar-refractivity contribution in [3.8, 4) is 0 Å². The minimum Gasteiger partial charge on any atom is -0.356 e. The molecule has 1 amide bonds. The molecule has 3 aromatic carbocycles. The van der Waals surface area contributed by atoms with Crippen LogP contribution in [-0.2, 0) is 14.6 Å². The third-order valence-corrected chi connectivity index (χ3v) is 6.87. The van der Waals surface area contributed by atoms with Crippen LogP contribution in [0.1, 0.15) is 35.4 Å². The molecule has 0 spiro atoms. The maximum absolute atomic E-state index is 12.4. The van der Waals surface area contributed by atoms with Gasteiger partial charge in [0.2, 0.25) is 5.91 Å². The van der Waals surface area contributed by atoms with Gasteiger partial charge in [-0.25, -0.2) is 8.42 Å². The average molecular weight is 422 g/mol. The molecule has 4 nitrogen and oxygen atoms in total. The molecule has 5 heteroatoms. The van der Waals surface area contributed by atoms with Gasteiger partial charge in [-0.15, -0.1) is 0 Å². The lowest BCUT2D eigenvalue weighted by molar-refractivity contribution is -0.120. The van der Waals surface area contributed by atoms with Gasteiger partial charge in [0.1, 0.15) is 0 Å². The molecule has 1 N–H and O–H groups in total. The molecule has 0 radical (unpaired) electrons. The fourth-order valence-electron chi connectivity index (χ4n) is 3.43. The zero-order valence-corrected chi connectivity index (χ0v) is 17.9. The highest BCUT2D eigenvalue weighted by molar-refractivity contribution is 7.91. The monoisotopic (exact) mass is 421 g/mol. The number of carbonyl (C=O) groups excluding carboxylic acids is 1. The van der Waals surface area contributed by atoms with Crippen LogP contribution in [-0.4, -0.2) is 26.6 Å². The van der Waals surface area contributed by atoms with E-state index >= 15 is 0 Å². The van der Waals surface area contributed by atoms with E-state index in [0.717, 1.165) is 12.0 Å². The SMILES string of the molecule is Cc1ccc(S(=O)(=O)CCC(=O)NCCC(c2ccccc2)c2ccccc2)cc1. The van der Waals surface area contributed by atoms with E-state index in [0.29, 0.717) is 6.54 Å². The largest absolute Gasteiger partial charge is 0.356 e. The summed E-state index contributed by atoms with van der Waals surface area (Å²) in [6, 6.07) is 27.1. The van der Waals surface area contributed by atoms with E-state index in [-0.39, 0.29) is 28.9 Å². The van der Waals surface area contributed by atoms with Gasteiger partial charge in [0.05, 0.1) is 10.6 Å². The molecule has 0 heterocycles. The Labute approximate surface area is 178 Å². The van der Waals surface area contributed by atoms with Crippen LogP contribution >= 0.6 is 0 Å². The molecule has 0 aliphatic heterocycles. The number of sulfone groups is 1. The highest BCUT2D eigenvalue weighted by atomic mass is 32.2. The van der Waals surface area contributed by atoms with E-state index in [2.05, 4.69) is 29.6 Å². The predicted octanol–water partition coefficient (Wildman–Crippen LogP) is 4.50. The Balaban J connectivity index is 1.55. The van der Waals surface area contributed by atoms with E-state index in [4.69, 9.17) is 0 Å². The van der Waals surface area contributed by atoms with Crippen molar-refractivity contribution in [3.05, 3.63) is 102 Å². The summed E-state index contributed by atoms with van der Waals surface area (Å²) in [5.74, 6) is -0.266. The van der Waals surface area contributed by atoms with Crippen molar-refractivity contribution < 1.29 is 13.2 Å². The zero-order valence-electron chi connectivity index (χ0n) is 17.1. The second-order valence-electron chi connectivity index (χ2n) is 7.39. The van der Waals surface area contributed by atoms with E-state index in [1.165, 1.54) is 11.1 Å². The van der Waals surface area contributed by atoms with Crippen LogP contribution in [0.3, 0.4) is 0 Å². The molecule has 0 bridgehead atoms. The van der Waals surface area contributed by atoms with E-state index in [1.54, 1.807) is 24.3 Å². The molecule has 0 fully saturated rings. The summed E-state index contributed by atoms with van der Waals surface area (Å²) in [4.78, 5) is 12.5. The summed E-state index contributed by atoms with van der Waals surface area (Å²) in [7, 11) is -3.46. The van der Waals surface area contributed by atoms with E-state index < -0.39 is 9.84 Å². The number of hydrogen-bond donors (Lipinski definition) is 1. The van der Waals surface area contributed by atoms with Gasteiger partial charge in [0.25, 0.3) is 0 Å². The van der Waals surface area contributed by atoms with Crippen molar-refractivity contribution in [1.29, 1.82) is 0 Å². The molecule has 0 aliphatic carbocycles. The number of hydrogen-bond acceptors (Lipinski definition) is 3. The van der Waals surface area contributed by atoms with Crippen LogP contribution < -0.4 is 5.32 Å². The third kappa shape index (κ3) is 6.04. The molecule has 0 atom stereocenters. The maximum atomic E-state index is 12.4. The Kier molecular flexibility index (Phi) is 7.41. The van der Waals surface area contributed by atoms with Crippen LogP contribution in [0.15, 0.2) is 89.8 Å². The number of carbonyl (C=O) groups is 1. The quantitative estimate of drug-likeness (QED) is 0.553. The molecule has 0 unspecified atom stereocenters. The van der Waals surface area contributed by atoms with Gasteiger partial charge in [-0.05, 0) is 36.6 Å². The van der Waals surface area contributed by atoms with Crippen molar-refractivity contribution in [3.63, 3.8) is 0 Å². The number of aryl methyl sites for hydroxylation is 1. The number of benzene rings is 3. The smallest absolute Gasteiger partial charge is 0.221 e. The van der Waals surface area contributed by atoms with Gasteiger partial charge < -0.3 is 5.32 Å². The molecule has 30 heavy (non-hydrogen) atoms. The number of rotatable bonds is 9. The minimum absolute atomic E-state index is 0.0441. The molecule has 0 saturated heterocycles. The Morgan fingerprint density at radius 3 is 1.90 bits per heavy atom. The maximum Gasteiger partial charge on any atom is 0.221 e. The standard InChI is InChI=1S/C25H27NO3S/c1-20-12-14-23(15-13-20)30(28,29)19-17-25(27)26-18-16-24(21-8-4-2-5-9-21)22-10-6-3-7-11-22/h2-15,24H,16-19H2,1H3,(H,26,27). The first kappa shape index (κ1) is 21.8. The topological polar surface area (TPSA) is 63.2 Å². The molecular weight excluding hydrogens is 394 g/mol. The van der Waals surface area contributed by atoms with Crippen LogP contribution in [0.2, 0.25) is 0 Å². The van der Waals surface area contributed by atoms with Crippen molar-refractivity contribution in [2.24, 2.45) is 0 Å². The predicted molar refractivity (Wildman–Crippen MR) is 120 cm³/mol. The van der Waals surface area contributed by atoms with Gasteiger partial charge >= 0.3 is 0 Å². The Hall–Kier alpha value is -2.92.